The molecule has 1 aromatic carbocycles. The van der Waals surface area contributed by atoms with Crippen molar-refractivity contribution in [3.05, 3.63) is 24.3 Å². The Hall–Kier alpha value is -1.59. The molecule has 1 amide bonds. The Bertz CT molecular complexity index is 559. The fourth-order valence-electron chi connectivity index (χ4n) is 4.31. The van der Waals surface area contributed by atoms with Crippen molar-refractivity contribution in [1.82, 2.24) is 4.90 Å². The molecule has 3 atom stereocenters. The first kappa shape index (κ1) is 18.2. The van der Waals surface area contributed by atoms with Crippen LogP contribution >= 0.6 is 0 Å². The zero-order valence-electron chi connectivity index (χ0n) is 15.1. The van der Waals surface area contributed by atoms with E-state index in [1.807, 2.05) is 12.1 Å². The maximum absolute atomic E-state index is 11.0. The number of likely N-dealkylation sites (tertiary alicyclic amines) is 1. The van der Waals surface area contributed by atoms with Gasteiger partial charge in [-0.25, -0.2) is 0 Å². The number of hydrogen-bond acceptors (Lipinski definition) is 4. The van der Waals surface area contributed by atoms with Gasteiger partial charge in [-0.1, -0.05) is 12.8 Å². The van der Waals surface area contributed by atoms with Crippen molar-refractivity contribution in [2.45, 2.75) is 57.6 Å². The van der Waals surface area contributed by atoms with Gasteiger partial charge < -0.3 is 15.2 Å². The van der Waals surface area contributed by atoms with Crippen LogP contribution in [0.3, 0.4) is 0 Å². The van der Waals surface area contributed by atoms with E-state index in [1.54, 1.807) is 12.1 Å². The summed E-state index contributed by atoms with van der Waals surface area (Å²) in [5.74, 6) is 1.45. The van der Waals surface area contributed by atoms with Crippen molar-refractivity contribution < 1.29 is 14.6 Å². The Balaban J connectivity index is 1.45. The molecule has 0 aromatic heterocycles. The van der Waals surface area contributed by atoms with Gasteiger partial charge in [-0.2, -0.15) is 0 Å². The molecule has 5 heteroatoms. The molecule has 2 N–H and O–H groups in total. The number of aliphatic hydroxyl groups is 1. The molecule has 3 rings (SSSR count). The van der Waals surface area contributed by atoms with E-state index in [9.17, 15) is 9.90 Å². The highest BCUT2D eigenvalue weighted by Gasteiger charge is 2.33. The molecule has 0 spiro atoms. The van der Waals surface area contributed by atoms with Gasteiger partial charge in [-0.3, -0.25) is 9.69 Å². The first-order valence-electron chi connectivity index (χ1n) is 9.54. The SMILES string of the molecule is CC(=O)Nc1ccc(OC[C@H](O)CN2CCC[C@H]3CCCC[C@@H]32)cc1. The molecule has 0 bridgehead atoms. The molecule has 1 heterocycles. The summed E-state index contributed by atoms with van der Waals surface area (Å²) in [4.78, 5) is 13.5. The third-order valence-electron chi connectivity index (χ3n) is 5.42. The van der Waals surface area contributed by atoms with E-state index >= 15 is 0 Å². The zero-order valence-corrected chi connectivity index (χ0v) is 15.1. The Morgan fingerprint density at radius 2 is 1.96 bits per heavy atom. The van der Waals surface area contributed by atoms with Gasteiger partial charge in [0.1, 0.15) is 18.5 Å². The number of carbonyl (C=O) groups is 1. The maximum atomic E-state index is 11.0. The van der Waals surface area contributed by atoms with E-state index in [2.05, 4.69) is 10.2 Å². The molecule has 0 radical (unpaired) electrons. The number of hydrogen-bond donors (Lipinski definition) is 2. The number of fused-ring (bicyclic) bond motifs is 1. The summed E-state index contributed by atoms with van der Waals surface area (Å²) in [6, 6.07) is 7.90. The molecule has 2 aliphatic rings. The Kier molecular flexibility index (Phi) is 6.32. The summed E-state index contributed by atoms with van der Waals surface area (Å²) in [6.45, 7) is 3.58. The first-order chi connectivity index (χ1) is 12.1. The smallest absolute Gasteiger partial charge is 0.221 e. The molecule has 1 saturated heterocycles. The second-order valence-electron chi connectivity index (χ2n) is 7.42. The molecule has 1 aliphatic heterocycles. The highest BCUT2D eigenvalue weighted by Crippen LogP contribution is 2.35. The zero-order chi connectivity index (χ0) is 17.6. The van der Waals surface area contributed by atoms with E-state index < -0.39 is 6.10 Å². The van der Waals surface area contributed by atoms with Crippen LogP contribution in [0.25, 0.3) is 0 Å². The third-order valence-corrected chi connectivity index (χ3v) is 5.42. The standard InChI is InChI=1S/C20H30N2O3/c1-15(23)21-17-8-10-19(11-9-17)25-14-18(24)13-22-12-4-6-16-5-2-3-7-20(16)22/h8-11,16,18,20,24H,2-7,12-14H2,1H3,(H,21,23)/t16-,18-,20+/m1/s1. The topological polar surface area (TPSA) is 61.8 Å². The van der Waals surface area contributed by atoms with Crippen LogP contribution in [0.15, 0.2) is 24.3 Å². The summed E-state index contributed by atoms with van der Waals surface area (Å²) in [5, 5.41) is 13.1. The van der Waals surface area contributed by atoms with Crippen molar-refractivity contribution in [2.75, 3.05) is 25.0 Å². The van der Waals surface area contributed by atoms with E-state index in [0.29, 0.717) is 24.9 Å². The molecule has 0 unspecified atom stereocenters. The van der Waals surface area contributed by atoms with Gasteiger partial charge in [0.05, 0.1) is 0 Å². The van der Waals surface area contributed by atoms with Gasteiger partial charge in [-0.15, -0.1) is 0 Å². The van der Waals surface area contributed by atoms with Gasteiger partial charge in [-0.05, 0) is 62.4 Å². The maximum Gasteiger partial charge on any atom is 0.221 e. The highest BCUT2D eigenvalue weighted by molar-refractivity contribution is 5.88. The Labute approximate surface area is 150 Å². The lowest BCUT2D eigenvalue weighted by atomic mass is 9.78. The van der Waals surface area contributed by atoms with Crippen LogP contribution in [-0.2, 0) is 4.79 Å². The minimum Gasteiger partial charge on any atom is -0.491 e. The fourth-order valence-corrected chi connectivity index (χ4v) is 4.31. The number of benzene rings is 1. The first-order valence-corrected chi connectivity index (χ1v) is 9.54. The summed E-state index contributed by atoms with van der Waals surface area (Å²) in [6.07, 6.45) is 7.46. The van der Waals surface area contributed by atoms with E-state index in [4.69, 9.17) is 4.74 Å². The van der Waals surface area contributed by atoms with E-state index in [-0.39, 0.29) is 5.91 Å². The quantitative estimate of drug-likeness (QED) is 0.831. The average molecular weight is 346 g/mol. The number of ether oxygens (including phenoxy) is 1. The number of nitrogens with zero attached hydrogens (tertiary/aromatic N) is 1. The van der Waals surface area contributed by atoms with Crippen LogP contribution < -0.4 is 10.1 Å². The predicted molar refractivity (Wildman–Crippen MR) is 98.8 cm³/mol. The molecule has 1 aliphatic carbocycles. The number of piperidine rings is 1. The van der Waals surface area contributed by atoms with Gasteiger partial charge in [0.15, 0.2) is 0 Å². The van der Waals surface area contributed by atoms with E-state index in [0.717, 1.165) is 18.2 Å². The van der Waals surface area contributed by atoms with Gasteiger partial charge in [0, 0.05) is 25.2 Å². The third kappa shape index (κ3) is 5.19. The number of carbonyl (C=O) groups excluding carboxylic acids is 1. The lowest BCUT2D eigenvalue weighted by Crippen LogP contribution is -2.50. The molecule has 1 aromatic rings. The van der Waals surface area contributed by atoms with Crippen molar-refractivity contribution in [2.24, 2.45) is 5.92 Å². The van der Waals surface area contributed by atoms with Crippen LogP contribution in [-0.4, -0.2) is 47.8 Å². The molecule has 5 nitrogen and oxygen atoms in total. The van der Waals surface area contributed by atoms with Crippen LogP contribution in [0.5, 0.6) is 5.75 Å². The Morgan fingerprint density at radius 3 is 2.72 bits per heavy atom. The average Bonchev–Trinajstić information content (AvgIpc) is 2.61. The largest absolute Gasteiger partial charge is 0.491 e. The lowest BCUT2D eigenvalue weighted by molar-refractivity contribution is -0.114. The van der Waals surface area contributed by atoms with Crippen LogP contribution in [0, 0.1) is 5.92 Å². The molecular formula is C20H30N2O3. The summed E-state index contributed by atoms with van der Waals surface area (Å²) >= 11 is 0. The van der Waals surface area contributed by atoms with Gasteiger partial charge >= 0.3 is 0 Å². The van der Waals surface area contributed by atoms with Crippen molar-refractivity contribution in [3.63, 3.8) is 0 Å². The summed E-state index contributed by atoms with van der Waals surface area (Å²) in [5.41, 5.74) is 0.747. The summed E-state index contributed by atoms with van der Waals surface area (Å²) < 4.78 is 5.72. The second-order valence-corrected chi connectivity index (χ2v) is 7.42. The van der Waals surface area contributed by atoms with Crippen molar-refractivity contribution in [1.29, 1.82) is 0 Å². The predicted octanol–water partition coefficient (Wildman–Crippen LogP) is 3.04. The molecular weight excluding hydrogens is 316 g/mol. The molecule has 1 saturated carbocycles. The minimum absolute atomic E-state index is 0.0911. The minimum atomic E-state index is -0.476. The normalized spacial score (nSPS) is 25.0. The number of rotatable bonds is 6. The number of aliphatic hydroxyl groups excluding tert-OH is 1. The highest BCUT2D eigenvalue weighted by atomic mass is 16.5. The van der Waals surface area contributed by atoms with Gasteiger partial charge in [0.25, 0.3) is 0 Å². The molecule has 25 heavy (non-hydrogen) atoms. The van der Waals surface area contributed by atoms with Gasteiger partial charge in [0.2, 0.25) is 5.91 Å². The van der Waals surface area contributed by atoms with Crippen LogP contribution in [0.4, 0.5) is 5.69 Å². The van der Waals surface area contributed by atoms with Crippen LogP contribution in [0.1, 0.15) is 45.4 Å². The number of β-amino-alcohol motifs (C(OH)–C–C–N with tert-alkyl or cyclic N) is 1. The molecule has 138 valence electrons. The summed E-state index contributed by atoms with van der Waals surface area (Å²) in [7, 11) is 0. The fraction of sp³-hybridized carbons (Fsp3) is 0.650. The Morgan fingerprint density at radius 1 is 1.24 bits per heavy atom. The second kappa shape index (κ2) is 8.68. The number of nitrogens with one attached hydrogen (secondary N) is 1. The lowest BCUT2D eigenvalue weighted by Gasteiger charge is -2.44. The number of amides is 1. The van der Waals surface area contributed by atoms with E-state index in [1.165, 1.54) is 45.4 Å². The van der Waals surface area contributed by atoms with Crippen molar-refractivity contribution in [3.8, 4) is 5.75 Å². The van der Waals surface area contributed by atoms with Crippen molar-refractivity contribution >= 4 is 11.6 Å². The monoisotopic (exact) mass is 346 g/mol. The molecule has 2 fully saturated rings. The number of anilines is 1. The van der Waals surface area contributed by atoms with Crippen LogP contribution in [0.2, 0.25) is 0 Å².